The van der Waals surface area contributed by atoms with E-state index in [9.17, 15) is 13.6 Å². The highest BCUT2D eigenvalue weighted by molar-refractivity contribution is 5.97. The van der Waals surface area contributed by atoms with Gasteiger partial charge in [-0.1, -0.05) is 0 Å². The first kappa shape index (κ1) is 26.1. The summed E-state index contributed by atoms with van der Waals surface area (Å²) in [4.78, 5) is 23.5. The number of allylic oxidation sites excluding steroid dienone is 1. The number of nitrogens with zero attached hydrogens (tertiary/aromatic N) is 3. The molecule has 1 aromatic heterocycles. The van der Waals surface area contributed by atoms with Gasteiger partial charge in [0, 0.05) is 48.8 Å². The quantitative estimate of drug-likeness (QED) is 0.415. The van der Waals surface area contributed by atoms with Crippen LogP contribution in [0.5, 0.6) is 5.75 Å². The van der Waals surface area contributed by atoms with Gasteiger partial charge in [-0.25, -0.2) is 18.7 Å². The number of benzene rings is 2. The first-order chi connectivity index (χ1) is 18.4. The maximum atomic E-state index is 14.9. The van der Waals surface area contributed by atoms with E-state index in [1.54, 1.807) is 31.2 Å². The number of carbonyl (C=O) groups excluding carboxylic acids is 1. The van der Waals surface area contributed by atoms with Crippen LogP contribution >= 0.6 is 0 Å². The Morgan fingerprint density at radius 1 is 1.18 bits per heavy atom. The van der Waals surface area contributed by atoms with Crippen LogP contribution in [0.25, 0.3) is 10.9 Å². The summed E-state index contributed by atoms with van der Waals surface area (Å²) in [7, 11) is 0. The predicted molar refractivity (Wildman–Crippen MR) is 139 cm³/mol. The Labute approximate surface area is 219 Å². The van der Waals surface area contributed by atoms with Gasteiger partial charge in [-0.3, -0.25) is 9.69 Å². The summed E-state index contributed by atoms with van der Waals surface area (Å²) in [5, 5.41) is 3.82. The minimum atomic E-state index is -0.797. The van der Waals surface area contributed by atoms with Crippen molar-refractivity contribution < 1.29 is 27.8 Å². The van der Waals surface area contributed by atoms with Crippen LogP contribution in [0.4, 0.5) is 20.3 Å². The van der Waals surface area contributed by atoms with Crippen molar-refractivity contribution in [3.63, 3.8) is 0 Å². The number of anilines is 2. The molecular weight excluding hydrogens is 494 g/mol. The number of hydrogen-bond donors (Lipinski definition) is 1. The number of nitrogens with one attached hydrogen (secondary N) is 1. The van der Waals surface area contributed by atoms with Crippen LogP contribution < -0.4 is 10.1 Å². The number of aryl methyl sites for hydroxylation is 1. The van der Waals surface area contributed by atoms with E-state index in [4.69, 9.17) is 14.2 Å². The highest BCUT2D eigenvalue weighted by Crippen LogP contribution is 2.31. The van der Waals surface area contributed by atoms with Crippen LogP contribution in [-0.2, 0) is 20.7 Å². The fraction of sp³-hybridized carbons (Fsp3) is 0.393. The van der Waals surface area contributed by atoms with Gasteiger partial charge in [0.05, 0.1) is 37.5 Å². The van der Waals surface area contributed by atoms with Gasteiger partial charge < -0.3 is 19.5 Å². The Morgan fingerprint density at radius 2 is 1.95 bits per heavy atom. The zero-order chi connectivity index (χ0) is 26.6. The number of halogens is 2. The SMILES string of the molecule is CCOc1cc2ncnc(Nc3ccc(F)c(C)c3)c2cc1CC(=O)/C(F)=C/CN1C[C@@H]2OCCO[C@@H]2C1. The molecule has 0 aliphatic carbocycles. The largest absolute Gasteiger partial charge is 0.494 e. The number of rotatable bonds is 9. The Hall–Kier alpha value is -3.47. The molecule has 0 saturated carbocycles. The predicted octanol–water partition coefficient (Wildman–Crippen LogP) is 4.28. The van der Waals surface area contributed by atoms with Crippen molar-refractivity contribution in [2.75, 3.05) is 44.8 Å². The average molecular weight is 525 g/mol. The summed E-state index contributed by atoms with van der Waals surface area (Å²) in [6, 6.07) is 8.13. The number of ether oxygens (including phenoxy) is 3. The third kappa shape index (κ3) is 5.82. The van der Waals surface area contributed by atoms with Crippen molar-refractivity contribution in [2.24, 2.45) is 0 Å². The van der Waals surface area contributed by atoms with E-state index in [0.717, 1.165) is 0 Å². The lowest BCUT2D eigenvalue weighted by Crippen LogP contribution is -2.36. The Bertz CT molecular complexity index is 1350. The van der Waals surface area contributed by atoms with Gasteiger partial charge in [-0.2, -0.15) is 0 Å². The van der Waals surface area contributed by atoms with Crippen molar-refractivity contribution in [3.05, 3.63) is 65.5 Å². The lowest BCUT2D eigenvalue weighted by Gasteiger charge is -2.24. The number of ketones is 1. The lowest BCUT2D eigenvalue weighted by molar-refractivity contribution is -0.116. The molecule has 2 aliphatic rings. The van der Waals surface area contributed by atoms with Crippen molar-refractivity contribution in [3.8, 4) is 5.75 Å². The molecule has 1 N–H and O–H groups in total. The van der Waals surface area contributed by atoms with Crippen molar-refractivity contribution in [1.29, 1.82) is 0 Å². The Morgan fingerprint density at radius 3 is 2.66 bits per heavy atom. The van der Waals surface area contributed by atoms with Gasteiger partial charge in [0.15, 0.2) is 11.6 Å². The molecule has 2 atom stereocenters. The molecule has 5 rings (SSSR count). The number of carbonyl (C=O) groups is 1. The molecule has 2 saturated heterocycles. The second kappa shape index (κ2) is 11.5. The summed E-state index contributed by atoms with van der Waals surface area (Å²) >= 11 is 0. The molecule has 10 heteroatoms. The second-order valence-corrected chi connectivity index (χ2v) is 9.41. The smallest absolute Gasteiger partial charge is 0.195 e. The van der Waals surface area contributed by atoms with Crippen molar-refractivity contribution in [2.45, 2.75) is 32.5 Å². The fourth-order valence-electron chi connectivity index (χ4n) is 4.78. The van der Waals surface area contributed by atoms with Crippen LogP contribution in [-0.4, -0.2) is 72.3 Å². The van der Waals surface area contributed by atoms with Crippen LogP contribution in [0, 0.1) is 12.7 Å². The molecule has 0 spiro atoms. The van der Waals surface area contributed by atoms with Gasteiger partial charge in [0.1, 0.15) is 23.7 Å². The average Bonchev–Trinajstić information content (AvgIpc) is 3.33. The molecule has 0 unspecified atom stereocenters. The summed E-state index contributed by atoms with van der Waals surface area (Å²) in [6.45, 7) is 6.60. The van der Waals surface area contributed by atoms with Gasteiger partial charge in [0.2, 0.25) is 0 Å². The van der Waals surface area contributed by atoms with E-state index in [-0.39, 0.29) is 24.4 Å². The van der Waals surface area contributed by atoms with Crippen LogP contribution in [0.2, 0.25) is 0 Å². The number of fused-ring (bicyclic) bond motifs is 2. The summed E-state index contributed by atoms with van der Waals surface area (Å²) in [5.74, 6) is -0.802. The molecule has 2 aromatic carbocycles. The van der Waals surface area contributed by atoms with E-state index >= 15 is 0 Å². The first-order valence-corrected chi connectivity index (χ1v) is 12.7. The molecule has 3 aromatic rings. The van der Waals surface area contributed by atoms with Crippen LogP contribution in [0.3, 0.4) is 0 Å². The van der Waals surface area contributed by atoms with Gasteiger partial charge in [-0.05, 0) is 49.8 Å². The summed E-state index contributed by atoms with van der Waals surface area (Å²) in [5.41, 5.74) is 2.27. The molecule has 8 nitrogen and oxygen atoms in total. The molecular formula is C28H30F2N4O4. The van der Waals surface area contributed by atoms with Gasteiger partial charge in [-0.15, -0.1) is 0 Å². The zero-order valence-electron chi connectivity index (χ0n) is 21.4. The Kier molecular flexibility index (Phi) is 7.92. The zero-order valence-corrected chi connectivity index (χ0v) is 21.4. The summed E-state index contributed by atoms with van der Waals surface area (Å²) in [6.07, 6.45) is 2.52. The van der Waals surface area contributed by atoms with E-state index < -0.39 is 11.6 Å². The molecule has 0 amide bonds. The minimum Gasteiger partial charge on any atom is -0.494 e. The molecule has 3 heterocycles. The highest BCUT2D eigenvalue weighted by atomic mass is 19.1. The molecule has 0 bridgehead atoms. The molecule has 38 heavy (non-hydrogen) atoms. The number of aromatic nitrogens is 2. The first-order valence-electron chi connectivity index (χ1n) is 12.7. The maximum Gasteiger partial charge on any atom is 0.195 e. The molecule has 2 aliphatic heterocycles. The highest BCUT2D eigenvalue weighted by Gasteiger charge is 2.36. The third-order valence-electron chi connectivity index (χ3n) is 6.72. The standard InChI is InChI=1S/C28H30F2N4O4/c1-3-36-25-13-23-20(28(32-16-31-23)33-19-4-5-21(29)17(2)10-19)11-18(25)12-24(35)22(30)6-7-34-14-26-27(15-34)38-9-8-37-26/h4-6,10-11,13,16,26-27H,3,7-9,12,14-15H2,1-2H3,(H,31,32,33)/b22-6-/t26-,27+. The number of likely N-dealkylation sites (tertiary alicyclic amines) is 1. The topological polar surface area (TPSA) is 85.8 Å². The van der Waals surface area contributed by atoms with E-state index in [0.29, 0.717) is 78.7 Å². The molecule has 0 radical (unpaired) electrons. The van der Waals surface area contributed by atoms with Crippen molar-refractivity contribution in [1.82, 2.24) is 14.9 Å². The lowest BCUT2D eigenvalue weighted by atomic mass is 10.0. The fourth-order valence-corrected chi connectivity index (χ4v) is 4.78. The molecule has 2 fully saturated rings. The van der Waals surface area contributed by atoms with Crippen LogP contribution in [0.1, 0.15) is 18.1 Å². The van der Waals surface area contributed by atoms with Gasteiger partial charge in [0.25, 0.3) is 0 Å². The van der Waals surface area contributed by atoms with Crippen LogP contribution in [0.15, 0.2) is 48.6 Å². The van der Waals surface area contributed by atoms with Crippen molar-refractivity contribution >= 4 is 28.2 Å². The Balaban J connectivity index is 1.35. The number of Topliss-reactive ketones (excluding diaryl/α,β-unsaturated/α-hetero) is 1. The second-order valence-electron chi connectivity index (χ2n) is 9.41. The monoisotopic (exact) mass is 524 g/mol. The van der Waals surface area contributed by atoms with E-state index in [2.05, 4.69) is 15.3 Å². The van der Waals surface area contributed by atoms with E-state index in [1.165, 1.54) is 18.5 Å². The van der Waals surface area contributed by atoms with E-state index in [1.807, 2.05) is 11.8 Å². The minimum absolute atomic E-state index is 0.00823. The summed E-state index contributed by atoms with van der Waals surface area (Å²) < 4.78 is 45.8. The molecule has 200 valence electrons. The third-order valence-corrected chi connectivity index (χ3v) is 6.72. The normalized spacial score (nSPS) is 19.9. The number of hydrogen-bond acceptors (Lipinski definition) is 8. The van der Waals surface area contributed by atoms with Gasteiger partial charge >= 0.3 is 0 Å². The maximum absolute atomic E-state index is 14.9.